The van der Waals surface area contributed by atoms with Gasteiger partial charge in [0.15, 0.2) is 0 Å². The van der Waals surface area contributed by atoms with Crippen LogP contribution in [0.25, 0.3) is 0 Å². The topological polar surface area (TPSA) is 9.23 Å². The molecule has 2 rings (SSSR count). The lowest BCUT2D eigenvalue weighted by Crippen LogP contribution is -2.60. The van der Waals surface area contributed by atoms with Crippen molar-refractivity contribution in [2.24, 2.45) is 0 Å². The third kappa shape index (κ3) is 3.96. The Balaban J connectivity index is 2.25. The van der Waals surface area contributed by atoms with Gasteiger partial charge in [-0.2, -0.15) is 0 Å². The molecule has 0 N–H and O–H groups in total. The van der Waals surface area contributed by atoms with E-state index in [0.717, 1.165) is 12.5 Å². The molecule has 0 spiro atoms. The second-order valence-corrected chi connectivity index (χ2v) is 9.37. The van der Waals surface area contributed by atoms with Crippen molar-refractivity contribution in [3.63, 3.8) is 0 Å². The minimum atomic E-state index is -2.11. The second-order valence-electron chi connectivity index (χ2n) is 5.65. The highest BCUT2D eigenvalue weighted by Gasteiger charge is 2.37. The number of hydrogen-bond acceptors (Lipinski definition) is 1. The molecule has 1 nitrogen and oxygen atoms in total. The van der Waals surface area contributed by atoms with E-state index < -0.39 is 8.32 Å². The molecule has 0 heterocycles. The van der Waals surface area contributed by atoms with Crippen LogP contribution in [0, 0.1) is 0 Å². The fourth-order valence-corrected chi connectivity index (χ4v) is 6.84. The zero-order valence-electron chi connectivity index (χ0n) is 13.5. The van der Waals surface area contributed by atoms with Crippen LogP contribution in [0.2, 0.25) is 6.04 Å². The van der Waals surface area contributed by atoms with Gasteiger partial charge in [-0.1, -0.05) is 79.6 Å². The zero-order valence-corrected chi connectivity index (χ0v) is 14.5. The molecule has 0 atom stereocenters. The Morgan fingerprint density at radius 1 is 0.864 bits per heavy atom. The van der Waals surface area contributed by atoms with Crippen LogP contribution in [0.1, 0.15) is 25.7 Å². The van der Waals surface area contributed by atoms with Crippen LogP contribution in [0.15, 0.2) is 73.3 Å². The summed E-state index contributed by atoms with van der Waals surface area (Å²) in [5.74, 6) is 0. The van der Waals surface area contributed by atoms with Gasteiger partial charge in [0, 0.05) is 7.11 Å². The number of rotatable bonds is 9. The van der Waals surface area contributed by atoms with E-state index in [1.807, 2.05) is 13.2 Å². The molecule has 0 aliphatic carbocycles. The van der Waals surface area contributed by atoms with Crippen molar-refractivity contribution in [2.75, 3.05) is 7.11 Å². The van der Waals surface area contributed by atoms with Crippen molar-refractivity contribution in [1.82, 2.24) is 0 Å². The van der Waals surface area contributed by atoms with E-state index in [4.69, 9.17) is 4.43 Å². The van der Waals surface area contributed by atoms with Crippen LogP contribution in [-0.2, 0) is 4.43 Å². The maximum Gasteiger partial charge on any atom is 0.255 e. The lowest BCUT2D eigenvalue weighted by molar-refractivity contribution is 0.412. The van der Waals surface area contributed by atoms with Crippen molar-refractivity contribution >= 4 is 18.7 Å². The zero-order chi connectivity index (χ0) is 15.7. The second kappa shape index (κ2) is 8.72. The lowest BCUT2D eigenvalue weighted by Gasteiger charge is -2.31. The SMILES string of the molecule is C=CCCCCC[Si](OC)(c1ccccc1)c1ccccc1. The number of hydrogen-bond donors (Lipinski definition) is 0. The fourth-order valence-electron chi connectivity index (χ4n) is 3.05. The standard InChI is InChI=1S/C20H26OSi/c1-3-4-5-6-13-18-22(21-2,19-14-9-7-10-15-19)20-16-11-8-12-17-20/h3,7-12,14-17H,1,4-6,13,18H2,2H3. The molecule has 0 bridgehead atoms. The Bertz CT molecular complexity index is 511. The lowest BCUT2D eigenvalue weighted by atomic mass is 10.2. The number of benzene rings is 2. The van der Waals surface area contributed by atoms with Gasteiger partial charge in [-0.25, -0.2) is 0 Å². The van der Waals surface area contributed by atoms with Crippen LogP contribution < -0.4 is 10.4 Å². The molecule has 0 saturated carbocycles. The van der Waals surface area contributed by atoms with Crippen molar-refractivity contribution in [1.29, 1.82) is 0 Å². The molecule has 0 aliphatic heterocycles. The summed E-state index contributed by atoms with van der Waals surface area (Å²) in [7, 11) is -0.223. The predicted octanol–water partition coefficient (Wildman–Crippen LogP) is 4.14. The molecule has 0 fully saturated rings. The van der Waals surface area contributed by atoms with Crippen molar-refractivity contribution in [3.05, 3.63) is 73.3 Å². The van der Waals surface area contributed by atoms with E-state index in [0.29, 0.717) is 0 Å². The fraction of sp³-hybridized carbons (Fsp3) is 0.300. The Morgan fingerprint density at radius 2 is 1.41 bits per heavy atom. The molecule has 0 amide bonds. The van der Waals surface area contributed by atoms with E-state index in [9.17, 15) is 0 Å². The normalized spacial score (nSPS) is 11.3. The van der Waals surface area contributed by atoms with Gasteiger partial charge in [-0.15, -0.1) is 6.58 Å². The molecular weight excluding hydrogens is 284 g/mol. The van der Waals surface area contributed by atoms with Gasteiger partial charge in [0.1, 0.15) is 0 Å². The van der Waals surface area contributed by atoms with E-state index in [1.165, 1.54) is 29.6 Å². The molecule has 2 aromatic rings. The first-order valence-corrected chi connectivity index (χ1v) is 10.2. The summed E-state index contributed by atoms with van der Waals surface area (Å²) in [6.45, 7) is 3.80. The maximum absolute atomic E-state index is 6.24. The first kappa shape index (κ1) is 16.7. The Kier molecular flexibility index (Phi) is 6.62. The van der Waals surface area contributed by atoms with Gasteiger partial charge in [0.05, 0.1) is 0 Å². The smallest absolute Gasteiger partial charge is 0.255 e. The molecule has 116 valence electrons. The van der Waals surface area contributed by atoms with Crippen LogP contribution >= 0.6 is 0 Å². The molecule has 0 aliphatic rings. The minimum Gasteiger partial charge on any atom is -0.411 e. The van der Waals surface area contributed by atoms with Gasteiger partial charge < -0.3 is 4.43 Å². The highest BCUT2D eigenvalue weighted by atomic mass is 28.4. The third-order valence-electron chi connectivity index (χ3n) is 4.27. The first-order chi connectivity index (χ1) is 10.8. The van der Waals surface area contributed by atoms with Gasteiger partial charge in [0.25, 0.3) is 8.32 Å². The molecule has 0 radical (unpaired) electrons. The van der Waals surface area contributed by atoms with Gasteiger partial charge in [-0.05, 0) is 29.3 Å². The minimum absolute atomic E-state index is 1.11. The third-order valence-corrected chi connectivity index (χ3v) is 8.55. The average Bonchev–Trinajstić information content (AvgIpc) is 2.60. The average molecular weight is 311 g/mol. The molecule has 0 saturated heterocycles. The largest absolute Gasteiger partial charge is 0.411 e. The van der Waals surface area contributed by atoms with E-state index in [2.05, 4.69) is 67.2 Å². The summed E-state index contributed by atoms with van der Waals surface area (Å²) >= 11 is 0. The van der Waals surface area contributed by atoms with E-state index >= 15 is 0 Å². The molecule has 22 heavy (non-hydrogen) atoms. The van der Waals surface area contributed by atoms with E-state index in [1.54, 1.807) is 0 Å². The molecule has 2 heteroatoms. The summed E-state index contributed by atoms with van der Waals surface area (Å²) in [6.07, 6.45) is 6.79. The maximum atomic E-state index is 6.24. The first-order valence-electron chi connectivity index (χ1n) is 8.10. The van der Waals surface area contributed by atoms with Crippen LogP contribution in [0.5, 0.6) is 0 Å². The highest BCUT2D eigenvalue weighted by Crippen LogP contribution is 2.17. The molecule has 0 unspecified atom stereocenters. The van der Waals surface area contributed by atoms with E-state index in [-0.39, 0.29) is 0 Å². The van der Waals surface area contributed by atoms with Crippen LogP contribution in [0.3, 0.4) is 0 Å². The van der Waals surface area contributed by atoms with Crippen LogP contribution in [-0.4, -0.2) is 15.4 Å². The summed E-state index contributed by atoms with van der Waals surface area (Å²) in [5.41, 5.74) is 0. The molecular formula is C20H26OSi. The predicted molar refractivity (Wildman–Crippen MR) is 98.4 cm³/mol. The van der Waals surface area contributed by atoms with Gasteiger partial charge in [-0.3, -0.25) is 0 Å². The number of allylic oxidation sites excluding steroid dienone is 1. The summed E-state index contributed by atoms with van der Waals surface area (Å²) in [6, 6.07) is 22.7. The van der Waals surface area contributed by atoms with Gasteiger partial charge >= 0.3 is 0 Å². The summed E-state index contributed by atoms with van der Waals surface area (Å²) in [5, 5.41) is 2.74. The Labute approximate surface area is 135 Å². The van der Waals surface area contributed by atoms with Crippen molar-refractivity contribution in [2.45, 2.75) is 31.7 Å². The van der Waals surface area contributed by atoms with Crippen molar-refractivity contribution in [3.8, 4) is 0 Å². The molecule has 0 aromatic heterocycles. The summed E-state index contributed by atoms with van der Waals surface area (Å²) < 4.78 is 6.24. The summed E-state index contributed by atoms with van der Waals surface area (Å²) in [4.78, 5) is 0. The quantitative estimate of drug-likeness (QED) is 0.384. The molecule has 2 aromatic carbocycles. The van der Waals surface area contributed by atoms with Gasteiger partial charge in [0.2, 0.25) is 0 Å². The highest BCUT2D eigenvalue weighted by molar-refractivity contribution is 6.97. The Morgan fingerprint density at radius 3 is 1.86 bits per heavy atom. The Hall–Kier alpha value is -1.64. The van der Waals surface area contributed by atoms with Crippen LogP contribution in [0.4, 0.5) is 0 Å². The number of unbranched alkanes of at least 4 members (excludes halogenated alkanes) is 3. The monoisotopic (exact) mass is 310 g/mol. The van der Waals surface area contributed by atoms with Crippen molar-refractivity contribution < 1.29 is 4.43 Å².